The molecule has 0 heterocycles. The highest BCUT2D eigenvalue weighted by Crippen LogP contribution is 2.19. The van der Waals surface area contributed by atoms with Gasteiger partial charge in [-0.15, -0.1) is 0 Å². The number of carbonyl (C=O) groups excluding carboxylic acids is 1. The van der Waals surface area contributed by atoms with Gasteiger partial charge in [0.05, 0.1) is 13.5 Å². The van der Waals surface area contributed by atoms with Crippen LogP contribution in [0.5, 0.6) is 5.75 Å². The van der Waals surface area contributed by atoms with Gasteiger partial charge in [-0.3, -0.25) is 4.79 Å². The zero-order chi connectivity index (χ0) is 9.84. The molecule has 0 aromatic heterocycles. The molecule has 70 valence electrons. The Kier molecular flexibility index (Phi) is 2.74. The summed E-state index contributed by atoms with van der Waals surface area (Å²) in [4.78, 5) is 10.6. The number of primary amides is 1. The lowest BCUT2D eigenvalue weighted by Gasteiger charge is -2.05. The van der Waals surface area contributed by atoms with Gasteiger partial charge in [0.2, 0.25) is 5.91 Å². The number of nitrogens with two attached hydrogens (primary N) is 2. The molecule has 0 aliphatic carbocycles. The molecule has 4 nitrogen and oxygen atoms in total. The summed E-state index contributed by atoms with van der Waals surface area (Å²) < 4.78 is 4.98. The summed E-state index contributed by atoms with van der Waals surface area (Å²) in [6, 6.07) is 5.14. The summed E-state index contributed by atoms with van der Waals surface area (Å²) in [6.07, 6.45) is 0.142. The number of hydrogen-bond donors (Lipinski definition) is 2. The fourth-order valence-corrected chi connectivity index (χ4v) is 1.05. The van der Waals surface area contributed by atoms with Crippen molar-refractivity contribution in [3.8, 4) is 5.75 Å². The Bertz CT molecular complexity index is 323. The average Bonchev–Trinajstić information content (AvgIpc) is 2.08. The van der Waals surface area contributed by atoms with Crippen molar-refractivity contribution in [2.45, 2.75) is 6.42 Å². The molecule has 1 amide bonds. The van der Waals surface area contributed by atoms with E-state index in [9.17, 15) is 4.79 Å². The molecule has 0 aliphatic rings. The summed E-state index contributed by atoms with van der Waals surface area (Å²) in [7, 11) is 1.56. The maximum Gasteiger partial charge on any atom is 0.221 e. The molecule has 1 aromatic carbocycles. The van der Waals surface area contributed by atoms with Crippen LogP contribution in [0.2, 0.25) is 0 Å². The van der Waals surface area contributed by atoms with E-state index in [1.165, 1.54) is 0 Å². The summed E-state index contributed by atoms with van der Waals surface area (Å²) >= 11 is 0. The van der Waals surface area contributed by atoms with Crippen LogP contribution in [0.4, 0.5) is 5.69 Å². The first-order valence-corrected chi connectivity index (χ1v) is 3.84. The van der Waals surface area contributed by atoms with Crippen molar-refractivity contribution in [2.24, 2.45) is 5.73 Å². The highest BCUT2D eigenvalue weighted by molar-refractivity contribution is 5.78. The zero-order valence-corrected chi connectivity index (χ0v) is 7.41. The smallest absolute Gasteiger partial charge is 0.221 e. The fourth-order valence-electron chi connectivity index (χ4n) is 1.05. The summed E-state index contributed by atoms with van der Waals surface area (Å²) in [5.74, 6) is 0.269. The number of carbonyl (C=O) groups is 1. The molecule has 1 aromatic rings. The Balaban J connectivity index is 2.96. The number of nitrogen functional groups attached to an aromatic ring is 1. The van der Waals surface area contributed by atoms with Crippen molar-refractivity contribution in [3.05, 3.63) is 23.8 Å². The van der Waals surface area contributed by atoms with Crippen molar-refractivity contribution < 1.29 is 9.53 Å². The van der Waals surface area contributed by atoms with Gasteiger partial charge < -0.3 is 16.2 Å². The third kappa shape index (κ3) is 2.37. The van der Waals surface area contributed by atoms with Crippen molar-refractivity contribution in [2.75, 3.05) is 12.8 Å². The predicted octanol–water partition coefficient (Wildman–Crippen LogP) is 0.305. The van der Waals surface area contributed by atoms with E-state index < -0.39 is 5.91 Å². The second-order valence-electron chi connectivity index (χ2n) is 2.71. The first kappa shape index (κ1) is 9.38. The third-order valence-corrected chi connectivity index (χ3v) is 1.71. The molecule has 0 atom stereocenters. The van der Waals surface area contributed by atoms with Crippen LogP contribution in [0.25, 0.3) is 0 Å². The van der Waals surface area contributed by atoms with Crippen LogP contribution in [0.15, 0.2) is 18.2 Å². The van der Waals surface area contributed by atoms with Crippen LogP contribution in [0, 0.1) is 0 Å². The van der Waals surface area contributed by atoms with Crippen molar-refractivity contribution >= 4 is 11.6 Å². The first-order chi connectivity index (χ1) is 6.13. The summed E-state index contributed by atoms with van der Waals surface area (Å²) in [6.45, 7) is 0. The molecule has 1 rings (SSSR count). The van der Waals surface area contributed by atoms with Crippen LogP contribution in [-0.4, -0.2) is 13.0 Å². The number of amides is 1. The molecule has 0 radical (unpaired) electrons. The Hall–Kier alpha value is -1.71. The van der Waals surface area contributed by atoms with Gasteiger partial charge in [0.25, 0.3) is 0 Å². The quantitative estimate of drug-likeness (QED) is 0.657. The minimum Gasteiger partial charge on any atom is -0.497 e. The maximum absolute atomic E-state index is 10.6. The van der Waals surface area contributed by atoms with Crippen LogP contribution < -0.4 is 16.2 Å². The van der Waals surface area contributed by atoms with E-state index in [1.54, 1.807) is 25.3 Å². The predicted molar refractivity (Wildman–Crippen MR) is 50.3 cm³/mol. The van der Waals surface area contributed by atoms with Gasteiger partial charge in [0.15, 0.2) is 0 Å². The molecule has 0 saturated carbocycles. The van der Waals surface area contributed by atoms with Crippen LogP contribution >= 0.6 is 0 Å². The number of hydrogen-bond acceptors (Lipinski definition) is 3. The lowest BCUT2D eigenvalue weighted by molar-refractivity contribution is -0.117. The largest absolute Gasteiger partial charge is 0.497 e. The van der Waals surface area contributed by atoms with Gasteiger partial charge in [-0.1, -0.05) is 0 Å². The van der Waals surface area contributed by atoms with Gasteiger partial charge in [0.1, 0.15) is 5.75 Å². The maximum atomic E-state index is 10.6. The molecule has 0 saturated heterocycles. The minimum atomic E-state index is -0.403. The minimum absolute atomic E-state index is 0.142. The molecule has 4 N–H and O–H groups in total. The zero-order valence-electron chi connectivity index (χ0n) is 7.41. The van der Waals surface area contributed by atoms with Gasteiger partial charge in [-0.2, -0.15) is 0 Å². The molecule has 0 aliphatic heterocycles. The molecule has 0 fully saturated rings. The molecule has 4 heteroatoms. The van der Waals surface area contributed by atoms with Crippen LogP contribution in [0.3, 0.4) is 0 Å². The second-order valence-corrected chi connectivity index (χ2v) is 2.71. The highest BCUT2D eigenvalue weighted by Gasteiger charge is 2.04. The van der Waals surface area contributed by atoms with Gasteiger partial charge in [-0.25, -0.2) is 0 Å². The van der Waals surface area contributed by atoms with E-state index in [4.69, 9.17) is 16.2 Å². The van der Waals surface area contributed by atoms with E-state index in [0.29, 0.717) is 17.0 Å². The van der Waals surface area contributed by atoms with E-state index in [1.807, 2.05) is 0 Å². The number of anilines is 1. The van der Waals surface area contributed by atoms with Crippen molar-refractivity contribution in [3.63, 3.8) is 0 Å². The van der Waals surface area contributed by atoms with E-state index >= 15 is 0 Å². The van der Waals surface area contributed by atoms with E-state index in [-0.39, 0.29) is 6.42 Å². The standard InChI is InChI=1S/C9H12N2O2/c1-13-7-2-3-8(10)6(4-7)5-9(11)12/h2-4H,5,10H2,1H3,(H2,11,12). The monoisotopic (exact) mass is 180 g/mol. The van der Waals surface area contributed by atoms with Gasteiger partial charge in [0, 0.05) is 5.69 Å². The molecular weight excluding hydrogens is 168 g/mol. The van der Waals surface area contributed by atoms with E-state index in [2.05, 4.69) is 0 Å². The fraction of sp³-hybridized carbons (Fsp3) is 0.222. The number of rotatable bonds is 3. The first-order valence-electron chi connectivity index (χ1n) is 3.84. The Morgan fingerprint density at radius 2 is 2.23 bits per heavy atom. The molecular formula is C9H12N2O2. The molecule has 0 spiro atoms. The third-order valence-electron chi connectivity index (χ3n) is 1.71. The highest BCUT2D eigenvalue weighted by atomic mass is 16.5. The molecule has 0 unspecified atom stereocenters. The van der Waals surface area contributed by atoms with E-state index in [0.717, 1.165) is 0 Å². The SMILES string of the molecule is COc1ccc(N)c(CC(N)=O)c1. The Morgan fingerprint density at radius 3 is 2.77 bits per heavy atom. The summed E-state index contributed by atoms with van der Waals surface area (Å²) in [5.41, 5.74) is 11.9. The molecule has 0 bridgehead atoms. The number of benzene rings is 1. The van der Waals surface area contributed by atoms with Crippen LogP contribution in [0.1, 0.15) is 5.56 Å². The lowest BCUT2D eigenvalue weighted by Crippen LogP contribution is -2.14. The lowest BCUT2D eigenvalue weighted by atomic mass is 10.1. The van der Waals surface area contributed by atoms with Gasteiger partial charge in [-0.05, 0) is 23.8 Å². The van der Waals surface area contributed by atoms with Crippen molar-refractivity contribution in [1.82, 2.24) is 0 Å². The second kappa shape index (κ2) is 3.80. The summed E-state index contributed by atoms with van der Waals surface area (Å²) in [5, 5.41) is 0. The number of ether oxygens (including phenoxy) is 1. The topological polar surface area (TPSA) is 78.3 Å². The normalized spacial score (nSPS) is 9.62. The Morgan fingerprint density at radius 1 is 1.54 bits per heavy atom. The van der Waals surface area contributed by atoms with Crippen molar-refractivity contribution in [1.29, 1.82) is 0 Å². The van der Waals surface area contributed by atoms with Crippen LogP contribution in [-0.2, 0) is 11.2 Å². The number of methoxy groups -OCH3 is 1. The Labute approximate surface area is 76.5 Å². The average molecular weight is 180 g/mol. The molecule has 13 heavy (non-hydrogen) atoms. The van der Waals surface area contributed by atoms with Gasteiger partial charge >= 0.3 is 0 Å².